The topological polar surface area (TPSA) is 81.9 Å². The van der Waals surface area contributed by atoms with Crippen LogP contribution in [-0.4, -0.2) is 49.4 Å². The zero-order chi connectivity index (χ0) is 21.5. The van der Waals surface area contributed by atoms with Crippen molar-refractivity contribution in [2.45, 2.75) is 58.5 Å². The number of ether oxygens (including phenoxy) is 1. The Hall–Kier alpha value is -2.61. The van der Waals surface area contributed by atoms with Gasteiger partial charge in [-0.25, -0.2) is 15.0 Å². The standard InChI is InChI=1S/C23H31N7O/c1-14-5-7-17(8-6-14)20-21-22(26-16(3)15(2)25-21)28-23(27-20)30-9-10-31-19(13-30)18-11-24-29(4)12-18/h11-12,14,17,19H,5-10,13H2,1-4H3/t14-,17+,19-/m0/s1. The molecule has 0 amide bonds. The van der Waals surface area contributed by atoms with E-state index in [0.717, 1.165) is 59.4 Å². The molecule has 31 heavy (non-hydrogen) atoms. The molecule has 8 heteroatoms. The van der Waals surface area contributed by atoms with Gasteiger partial charge in [0.15, 0.2) is 5.65 Å². The maximum absolute atomic E-state index is 6.03. The third-order valence-electron chi connectivity index (χ3n) is 6.81. The molecule has 0 radical (unpaired) electrons. The third kappa shape index (κ3) is 4.01. The smallest absolute Gasteiger partial charge is 0.227 e. The summed E-state index contributed by atoms with van der Waals surface area (Å²) in [6, 6.07) is 0. The van der Waals surface area contributed by atoms with Crippen molar-refractivity contribution < 1.29 is 4.74 Å². The quantitative estimate of drug-likeness (QED) is 0.638. The molecule has 0 N–H and O–H groups in total. The molecule has 4 heterocycles. The Labute approximate surface area is 183 Å². The van der Waals surface area contributed by atoms with Gasteiger partial charge in [-0.1, -0.05) is 19.8 Å². The first-order valence-electron chi connectivity index (χ1n) is 11.4. The molecule has 8 nitrogen and oxygen atoms in total. The van der Waals surface area contributed by atoms with Crippen LogP contribution in [0.25, 0.3) is 11.2 Å². The van der Waals surface area contributed by atoms with Crippen LogP contribution in [0.1, 0.15) is 67.3 Å². The predicted octanol–water partition coefficient (Wildman–Crippen LogP) is 3.64. The number of anilines is 1. The molecule has 5 rings (SSSR count). The minimum Gasteiger partial charge on any atom is -0.370 e. The molecule has 2 fully saturated rings. The molecule has 0 spiro atoms. The summed E-state index contributed by atoms with van der Waals surface area (Å²) in [7, 11) is 1.93. The van der Waals surface area contributed by atoms with Crippen LogP contribution in [0.15, 0.2) is 12.4 Å². The van der Waals surface area contributed by atoms with E-state index in [0.29, 0.717) is 24.7 Å². The summed E-state index contributed by atoms with van der Waals surface area (Å²) in [6.07, 6.45) is 8.65. The van der Waals surface area contributed by atoms with Crippen molar-refractivity contribution in [2.24, 2.45) is 13.0 Å². The van der Waals surface area contributed by atoms with Gasteiger partial charge in [-0.3, -0.25) is 4.68 Å². The lowest BCUT2D eigenvalue weighted by molar-refractivity contribution is 0.0392. The number of morpholine rings is 1. The molecule has 164 valence electrons. The molecule has 1 atom stereocenters. The maximum Gasteiger partial charge on any atom is 0.227 e. The minimum absolute atomic E-state index is 0.0356. The van der Waals surface area contributed by atoms with Crippen molar-refractivity contribution in [2.75, 3.05) is 24.6 Å². The Morgan fingerprint density at radius 2 is 1.77 bits per heavy atom. The molecule has 3 aromatic heterocycles. The van der Waals surface area contributed by atoms with E-state index in [1.165, 1.54) is 12.8 Å². The Kier molecular flexibility index (Phi) is 5.33. The highest BCUT2D eigenvalue weighted by Crippen LogP contribution is 2.37. The SMILES string of the molecule is Cc1nc2nc(N3CCO[C@H](c4cnn(C)c4)C3)nc([C@H]3CC[C@@H](C)CC3)c2nc1C. The number of fused-ring (bicyclic) bond motifs is 1. The van der Waals surface area contributed by atoms with Crippen LogP contribution in [0.4, 0.5) is 5.95 Å². The summed E-state index contributed by atoms with van der Waals surface area (Å²) >= 11 is 0. The Balaban J connectivity index is 1.53. The number of hydrogen-bond acceptors (Lipinski definition) is 7. The van der Waals surface area contributed by atoms with E-state index in [1.807, 2.05) is 38.0 Å². The Bertz CT molecular complexity index is 1090. The lowest BCUT2D eigenvalue weighted by atomic mass is 9.81. The Morgan fingerprint density at radius 3 is 2.52 bits per heavy atom. The molecule has 0 unspecified atom stereocenters. The second-order valence-electron chi connectivity index (χ2n) is 9.19. The van der Waals surface area contributed by atoms with Crippen molar-refractivity contribution in [1.82, 2.24) is 29.7 Å². The van der Waals surface area contributed by atoms with Crippen LogP contribution in [0.5, 0.6) is 0 Å². The Morgan fingerprint density at radius 1 is 1.00 bits per heavy atom. The van der Waals surface area contributed by atoms with Crippen LogP contribution in [0.3, 0.4) is 0 Å². The molecular formula is C23H31N7O. The average Bonchev–Trinajstić information content (AvgIpc) is 3.21. The molecule has 1 aliphatic heterocycles. The first-order valence-corrected chi connectivity index (χ1v) is 11.4. The van der Waals surface area contributed by atoms with E-state index in [-0.39, 0.29) is 6.10 Å². The van der Waals surface area contributed by atoms with Gasteiger partial charge in [0, 0.05) is 31.3 Å². The number of aromatic nitrogens is 6. The van der Waals surface area contributed by atoms with Gasteiger partial charge >= 0.3 is 0 Å². The highest BCUT2D eigenvalue weighted by molar-refractivity contribution is 5.75. The molecule has 3 aromatic rings. The molecule has 1 saturated heterocycles. The van der Waals surface area contributed by atoms with Gasteiger partial charge in [-0.05, 0) is 32.6 Å². The summed E-state index contributed by atoms with van der Waals surface area (Å²) in [5, 5.41) is 4.30. The van der Waals surface area contributed by atoms with Crippen LogP contribution in [0, 0.1) is 19.8 Å². The number of nitrogens with zero attached hydrogens (tertiary/aromatic N) is 7. The normalized spacial score (nSPS) is 24.6. The van der Waals surface area contributed by atoms with Crippen molar-refractivity contribution in [1.29, 1.82) is 0 Å². The molecule has 1 aliphatic carbocycles. The molecule has 0 aromatic carbocycles. The van der Waals surface area contributed by atoms with Gasteiger partial charge in [0.05, 0.1) is 36.4 Å². The second kappa shape index (κ2) is 8.15. The lowest BCUT2D eigenvalue weighted by Crippen LogP contribution is -2.39. The number of rotatable bonds is 3. The van der Waals surface area contributed by atoms with Crippen molar-refractivity contribution in [3.63, 3.8) is 0 Å². The van der Waals surface area contributed by atoms with E-state index in [9.17, 15) is 0 Å². The van der Waals surface area contributed by atoms with E-state index < -0.39 is 0 Å². The summed E-state index contributed by atoms with van der Waals surface area (Å²) in [5.41, 5.74) is 5.63. The predicted molar refractivity (Wildman–Crippen MR) is 119 cm³/mol. The van der Waals surface area contributed by atoms with Crippen molar-refractivity contribution in [3.05, 3.63) is 35.0 Å². The van der Waals surface area contributed by atoms with E-state index in [4.69, 9.17) is 24.7 Å². The zero-order valence-electron chi connectivity index (χ0n) is 18.9. The fourth-order valence-corrected chi connectivity index (χ4v) is 4.72. The fraction of sp³-hybridized carbons (Fsp3) is 0.609. The van der Waals surface area contributed by atoms with Crippen molar-refractivity contribution in [3.8, 4) is 0 Å². The first-order chi connectivity index (χ1) is 15.0. The molecule has 0 bridgehead atoms. The fourth-order valence-electron chi connectivity index (χ4n) is 4.72. The first kappa shape index (κ1) is 20.3. The van der Waals surface area contributed by atoms with E-state index in [2.05, 4.69) is 16.9 Å². The van der Waals surface area contributed by atoms with Crippen LogP contribution in [0.2, 0.25) is 0 Å². The van der Waals surface area contributed by atoms with E-state index >= 15 is 0 Å². The zero-order valence-corrected chi connectivity index (χ0v) is 18.9. The molecule has 1 saturated carbocycles. The lowest BCUT2D eigenvalue weighted by Gasteiger charge is -2.33. The third-order valence-corrected chi connectivity index (χ3v) is 6.81. The van der Waals surface area contributed by atoms with Gasteiger partial charge in [0.2, 0.25) is 5.95 Å². The summed E-state index contributed by atoms with van der Waals surface area (Å²) in [4.78, 5) is 21.9. The maximum atomic E-state index is 6.03. The van der Waals surface area contributed by atoms with E-state index in [1.54, 1.807) is 0 Å². The second-order valence-corrected chi connectivity index (χ2v) is 9.19. The summed E-state index contributed by atoms with van der Waals surface area (Å²) in [6.45, 7) is 8.47. The largest absolute Gasteiger partial charge is 0.370 e. The summed E-state index contributed by atoms with van der Waals surface area (Å²) < 4.78 is 7.84. The average molecular weight is 422 g/mol. The van der Waals surface area contributed by atoms with Crippen molar-refractivity contribution >= 4 is 17.1 Å². The molecular weight excluding hydrogens is 390 g/mol. The van der Waals surface area contributed by atoms with Gasteiger partial charge in [-0.15, -0.1) is 0 Å². The van der Waals surface area contributed by atoms with Crippen LogP contribution >= 0.6 is 0 Å². The van der Waals surface area contributed by atoms with Gasteiger partial charge in [0.25, 0.3) is 0 Å². The monoisotopic (exact) mass is 421 g/mol. The number of hydrogen-bond donors (Lipinski definition) is 0. The summed E-state index contributed by atoms with van der Waals surface area (Å²) in [5.74, 6) is 1.96. The van der Waals surface area contributed by atoms with Gasteiger partial charge in [-0.2, -0.15) is 10.1 Å². The molecule has 2 aliphatic rings. The van der Waals surface area contributed by atoms with Gasteiger partial charge < -0.3 is 9.64 Å². The van der Waals surface area contributed by atoms with Crippen LogP contribution < -0.4 is 4.90 Å². The highest BCUT2D eigenvalue weighted by Gasteiger charge is 2.29. The minimum atomic E-state index is -0.0356. The highest BCUT2D eigenvalue weighted by atomic mass is 16.5. The number of aryl methyl sites for hydroxylation is 3. The van der Waals surface area contributed by atoms with Crippen LogP contribution in [-0.2, 0) is 11.8 Å². The van der Waals surface area contributed by atoms with Gasteiger partial charge in [0.1, 0.15) is 11.6 Å².